The number of hydrogen-bond donors (Lipinski definition) is 1. The van der Waals surface area contributed by atoms with E-state index in [1.807, 2.05) is 37.3 Å². The largest absolute Gasteiger partial charge is 0.466 e. The molecular weight excluding hydrogens is 270 g/mol. The number of benzene rings is 1. The summed E-state index contributed by atoms with van der Waals surface area (Å²) in [5.74, 6) is 0.141. The molecule has 0 radical (unpaired) electrons. The second kappa shape index (κ2) is 5.35. The number of nitrogens with one attached hydrogen (secondary N) is 1. The second-order valence-corrected chi connectivity index (χ2v) is 4.62. The summed E-state index contributed by atoms with van der Waals surface area (Å²) in [6, 6.07) is 9.26. The number of anilines is 1. The minimum Gasteiger partial charge on any atom is -0.466 e. The summed E-state index contributed by atoms with van der Waals surface area (Å²) < 4.78 is 6.54. The zero-order valence-electron chi connectivity index (χ0n) is 11.8. The predicted octanol–water partition coefficient (Wildman–Crippen LogP) is 1.53. The van der Waals surface area contributed by atoms with Gasteiger partial charge in [-0.3, -0.25) is 0 Å². The van der Waals surface area contributed by atoms with E-state index in [0.717, 1.165) is 11.3 Å². The number of nitrogens with zero attached hydrogens (tertiary/aromatic N) is 4. The molecular formula is C14H15N5O2. The highest BCUT2D eigenvalue weighted by Gasteiger charge is 2.35. The van der Waals surface area contributed by atoms with E-state index in [1.165, 1.54) is 7.11 Å². The monoisotopic (exact) mass is 285 g/mol. The van der Waals surface area contributed by atoms with Crippen molar-refractivity contribution in [3.63, 3.8) is 0 Å². The molecule has 7 heteroatoms. The number of methoxy groups -OCH3 is 1. The van der Waals surface area contributed by atoms with Gasteiger partial charge < -0.3 is 10.1 Å². The van der Waals surface area contributed by atoms with Gasteiger partial charge in [0.2, 0.25) is 5.95 Å². The van der Waals surface area contributed by atoms with Gasteiger partial charge in [0.25, 0.3) is 0 Å². The second-order valence-electron chi connectivity index (χ2n) is 4.62. The highest BCUT2D eigenvalue weighted by Crippen LogP contribution is 2.35. The number of aromatic nitrogens is 4. The molecule has 1 N–H and O–H groups in total. The summed E-state index contributed by atoms with van der Waals surface area (Å²) >= 11 is 0. The summed E-state index contributed by atoms with van der Waals surface area (Å²) in [7, 11) is 1.37. The van der Waals surface area contributed by atoms with Crippen LogP contribution in [0.15, 0.2) is 41.6 Å². The van der Waals surface area contributed by atoms with Gasteiger partial charge in [0, 0.05) is 5.70 Å². The van der Waals surface area contributed by atoms with Crippen LogP contribution in [0.25, 0.3) is 0 Å². The summed E-state index contributed by atoms with van der Waals surface area (Å²) in [6.45, 7) is 1.97. The fraction of sp³-hybridized carbons (Fsp3) is 0.286. The SMILES string of the molecule is CCC1=C(C(=O)OC)C(c2ccccc2)n2nnnc2N1. The zero-order valence-corrected chi connectivity index (χ0v) is 11.8. The predicted molar refractivity (Wildman–Crippen MR) is 75.4 cm³/mol. The molecule has 21 heavy (non-hydrogen) atoms. The van der Waals surface area contributed by atoms with E-state index in [1.54, 1.807) is 4.68 Å². The summed E-state index contributed by atoms with van der Waals surface area (Å²) in [5, 5.41) is 14.7. The van der Waals surface area contributed by atoms with Crippen molar-refractivity contribution in [3.8, 4) is 0 Å². The molecule has 108 valence electrons. The van der Waals surface area contributed by atoms with Crippen LogP contribution in [0.4, 0.5) is 5.95 Å². The zero-order chi connectivity index (χ0) is 14.8. The molecule has 7 nitrogen and oxygen atoms in total. The Hall–Kier alpha value is -2.70. The third kappa shape index (κ3) is 2.16. The first-order valence-corrected chi connectivity index (χ1v) is 6.67. The molecule has 0 bridgehead atoms. The smallest absolute Gasteiger partial charge is 0.338 e. The van der Waals surface area contributed by atoms with Crippen molar-refractivity contribution in [3.05, 3.63) is 47.2 Å². The van der Waals surface area contributed by atoms with Crippen LogP contribution in [0.2, 0.25) is 0 Å². The van der Waals surface area contributed by atoms with Crippen LogP contribution in [-0.4, -0.2) is 33.3 Å². The first kappa shape index (κ1) is 13.3. The number of rotatable bonds is 3. The Kier molecular flexibility index (Phi) is 3.39. The lowest BCUT2D eigenvalue weighted by molar-refractivity contribution is -0.136. The summed E-state index contributed by atoms with van der Waals surface area (Å²) in [4.78, 5) is 12.2. The minimum atomic E-state index is -0.389. The Labute approximate surface area is 121 Å². The Bertz CT molecular complexity index is 692. The topological polar surface area (TPSA) is 81.9 Å². The molecule has 1 unspecified atom stereocenters. The molecule has 1 aliphatic heterocycles. The van der Waals surface area contributed by atoms with Gasteiger partial charge in [-0.05, 0) is 22.4 Å². The van der Waals surface area contributed by atoms with Crippen LogP contribution < -0.4 is 5.32 Å². The van der Waals surface area contributed by atoms with Crippen molar-refractivity contribution < 1.29 is 9.53 Å². The van der Waals surface area contributed by atoms with Crippen molar-refractivity contribution in [2.75, 3.05) is 12.4 Å². The molecule has 1 aromatic heterocycles. The van der Waals surface area contributed by atoms with E-state index >= 15 is 0 Å². The van der Waals surface area contributed by atoms with Crippen LogP contribution in [0.5, 0.6) is 0 Å². The third-order valence-electron chi connectivity index (χ3n) is 3.47. The molecule has 0 spiro atoms. The normalized spacial score (nSPS) is 17.1. The van der Waals surface area contributed by atoms with Gasteiger partial charge in [-0.15, -0.1) is 0 Å². The van der Waals surface area contributed by atoms with Gasteiger partial charge >= 0.3 is 5.97 Å². The molecule has 3 rings (SSSR count). The van der Waals surface area contributed by atoms with Crippen LogP contribution >= 0.6 is 0 Å². The van der Waals surface area contributed by atoms with Crippen LogP contribution in [0.1, 0.15) is 24.9 Å². The molecule has 2 heterocycles. The van der Waals surface area contributed by atoms with Crippen LogP contribution in [0.3, 0.4) is 0 Å². The van der Waals surface area contributed by atoms with Crippen LogP contribution in [0, 0.1) is 0 Å². The maximum atomic E-state index is 12.2. The van der Waals surface area contributed by atoms with Gasteiger partial charge in [0.05, 0.1) is 12.7 Å². The first-order chi connectivity index (χ1) is 10.3. The standard InChI is InChI=1S/C14H15N5O2/c1-3-10-11(13(20)21-2)12(9-7-5-4-6-8-9)19-14(15-10)16-17-18-19/h4-8,12H,3H2,1-2H3,(H,15,16,18). The Morgan fingerprint density at radius 2 is 2.14 bits per heavy atom. The summed E-state index contributed by atoms with van der Waals surface area (Å²) in [6.07, 6.45) is 0.653. The average molecular weight is 285 g/mol. The number of allylic oxidation sites excluding steroid dienone is 1. The lowest BCUT2D eigenvalue weighted by Gasteiger charge is -2.27. The molecule has 0 aliphatic carbocycles. The van der Waals surface area contributed by atoms with E-state index in [-0.39, 0.29) is 12.0 Å². The maximum Gasteiger partial charge on any atom is 0.338 e. The molecule has 0 amide bonds. The summed E-state index contributed by atoms with van der Waals surface area (Å²) in [5.41, 5.74) is 2.24. The molecule has 0 saturated heterocycles. The quantitative estimate of drug-likeness (QED) is 0.861. The Morgan fingerprint density at radius 3 is 2.81 bits per heavy atom. The van der Waals surface area contributed by atoms with E-state index in [4.69, 9.17) is 4.74 Å². The van der Waals surface area contributed by atoms with Crippen molar-refractivity contribution in [1.29, 1.82) is 0 Å². The van der Waals surface area contributed by atoms with Gasteiger partial charge in [-0.1, -0.05) is 42.4 Å². The molecule has 1 aliphatic rings. The highest BCUT2D eigenvalue weighted by atomic mass is 16.5. The van der Waals surface area contributed by atoms with Gasteiger partial charge in [-0.25, -0.2) is 4.79 Å². The van der Waals surface area contributed by atoms with Crippen molar-refractivity contribution in [2.24, 2.45) is 0 Å². The van der Waals surface area contributed by atoms with E-state index in [9.17, 15) is 4.79 Å². The molecule has 2 aromatic rings. The van der Waals surface area contributed by atoms with E-state index in [2.05, 4.69) is 20.8 Å². The molecule has 1 aromatic carbocycles. The molecule has 0 saturated carbocycles. The number of ether oxygens (including phenoxy) is 1. The Balaban J connectivity index is 2.20. The number of tetrazole rings is 1. The number of carbonyl (C=O) groups excluding carboxylic acids is 1. The average Bonchev–Trinajstić information content (AvgIpc) is 3.01. The van der Waals surface area contributed by atoms with E-state index < -0.39 is 0 Å². The number of esters is 1. The van der Waals surface area contributed by atoms with Crippen LogP contribution in [-0.2, 0) is 9.53 Å². The Morgan fingerprint density at radius 1 is 1.38 bits per heavy atom. The fourth-order valence-electron chi connectivity index (χ4n) is 2.51. The number of hydrogen-bond acceptors (Lipinski definition) is 6. The molecule has 1 atom stereocenters. The van der Waals surface area contributed by atoms with Gasteiger partial charge in [0.15, 0.2) is 0 Å². The van der Waals surface area contributed by atoms with Crippen molar-refractivity contribution in [1.82, 2.24) is 20.2 Å². The van der Waals surface area contributed by atoms with Crippen molar-refractivity contribution in [2.45, 2.75) is 19.4 Å². The lowest BCUT2D eigenvalue weighted by atomic mass is 9.95. The number of carbonyl (C=O) groups is 1. The lowest BCUT2D eigenvalue weighted by Crippen LogP contribution is -2.29. The van der Waals surface area contributed by atoms with Gasteiger partial charge in [0.1, 0.15) is 6.04 Å². The highest BCUT2D eigenvalue weighted by molar-refractivity contribution is 5.92. The van der Waals surface area contributed by atoms with E-state index in [0.29, 0.717) is 17.9 Å². The molecule has 0 fully saturated rings. The number of fused-ring (bicyclic) bond motifs is 1. The van der Waals surface area contributed by atoms with Gasteiger partial charge in [-0.2, -0.15) is 4.68 Å². The minimum absolute atomic E-state index is 0.380. The first-order valence-electron chi connectivity index (χ1n) is 6.67. The fourth-order valence-corrected chi connectivity index (χ4v) is 2.51. The third-order valence-corrected chi connectivity index (χ3v) is 3.47. The maximum absolute atomic E-state index is 12.2. The van der Waals surface area contributed by atoms with Crippen molar-refractivity contribution >= 4 is 11.9 Å².